The van der Waals surface area contributed by atoms with E-state index in [1.807, 2.05) is 0 Å². The van der Waals surface area contributed by atoms with Gasteiger partial charge in [0, 0.05) is 30.4 Å². The molecule has 34 heavy (non-hydrogen) atoms. The van der Waals surface area contributed by atoms with Gasteiger partial charge < -0.3 is 23.1 Å². The quantitative estimate of drug-likeness (QED) is 0.252. The van der Waals surface area contributed by atoms with E-state index in [0.717, 1.165) is 0 Å². The fourth-order valence-corrected chi connectivity index (χ4v) is 3.09. The number of nitrogens with zero attached hydrogens (tertiary/aromatic N) is 4. The standard InChI is InChI=1S/C22H19F3N4O5/c1-2-31-20(30)16-13-15(33-27-16)6-5-11-32-18-8-7-14(12-17(18)29-9-3-4-10-29)19-26-21(34-28-19)22(23,24)25/h3-4,7-10,12-13H,2,5-6,11H2,1H3. The third-order valence-electron chi connectivity index (χ3n) is 4.64. The molecule has 0 atom stereocenters. The lowest BCUT2D eigenvalue weighted by molar-refractivity contribution is -0.159. The number of hydrogen-bond donors (Lipinski definition) is 0. The molecule has 9 nitrogen and oxygen atoms in total. The number of hydrogen-bond acceptors (Lipinski definition) is 8. The van der Waals surface area contributed by atoms with E-state index in [1.54, 1.807) is 54.2 Å². The van der Waals surface area contributed by atoms with Crippen LogP contribution in [-0.4, -0.2) is 39.0 Å². The van der Waals surface area contributed by atoms with Gasteiger partial charge >= 0.3 is 18.0 Å². The van der Waals surface area contributed by atoms with Gasteiger partial charge in [-0.3, -0.25) is 0 Å². The van der Waals surface area contributed by atoms with Crippen molar-refractivity contribution in [1.82, 2.24) is 19.9 Å². The van der Waals surface area contributed by atoms with Gasteiger partial charge in [-0.2, -0.15) is 18.2 Å². The third-order valence-corrected chi connectivity index (χ3v) is 4.64. The summed E-state index contributed by atoms with van der Waals surface area (Å²) in [5, 5.41) is 7.13. The maximum atomic E-state index is 12.8. The molecule has 178 valence electrons. The minimum absolute atomic E-state index is 0.110. The first kappa shape index (κ1) is 23.1. The predicted octanol–water partition coefficient (Wildman–Crippen LogP) is 4.72. The average molecular weight is 476 g/mol. The van der Waals surface area contributed by atoms with E-state index in [2.05, 4.69) is 19.8 Å². The third kappa shape index (κ3) is 5.27. The molecule has 0 aliphatic rings. The Morgan fingerprint density at radius 3 is 2.62 bits per heavy atom. The Kier molecular flexibility index (Phi) is 6.66. The number of carbonyl (C=O) groups excluding carboxylic acids is 1. The Bertz CT molecular complexity index is 1250. The first-order valence-electron chi connectivity index (χ1n) is 10.3. The second kappa shape index (κ2) is 9.81. The number of benzene rings is 1. The van der Waals surface area contributed by atoms with Gasteiger partial charge in [0.05, 0.1) is 18.9 Å². The van der Waals surface area contributed by atoms with Gasteiger partial charge in [-0.1, -0.05) is 10.3 Å². The number of carbonyl (C=O) groups is 1. The summed E-state index contributed by atoms with van der Waals surface area (Å²) in [6.45, 7) is 2.25. The second-order valence-electron chi connectivity index (χ2n) is 7.04. The molecule has 0 aliphatic heterocycles. The van der Waals surface area contributed by atoms with Crippen molar-refractivity contribution in [1.29, 1.82) is 0 Å². The molecule has 3 aromatic heterocycles. The van der Waals surface area contributed by atoms with Gasteiger partial charge in [-0.25, -0.2) is 4.79 Å². The summed E-state index contributed by atoms with van der Waals surface area (Å²) < 4.78 is 60.4. The molecule has 0 fully saturated rings. The van der Waals surface area contributed by atoms with E-state index in [1.165, 1.54) is 6.07 Å². The van der Waals surface area contributed by atoms with Gasteiger partial charge in [-0.15, -0.1) is 0 Å². The Morgan fingerprint density at radius 1 is 1.12 bits per heavy atom. The lowest BCUT2D eigenvalue weighted by Gasteiger charge is -2.13. The smallest absolute Gasteiger partial charge is 0.471 e. The molecule has 1 aromatic carbocycles. The zero-order valence-electron chi connectivity index (χ0n) is 17.9. The monoisotopic (exact) mass is 476 g/mol. The highest BCUT2D eigenvalue weighted by molar-refractivity contribution is 5.87. The van der Waals surface area contributed by atoms with Gasteiger partial charge in [0.25, 0.3) is 0 Å². The number of alkyl halides is 3. The molecule has 0 saturated carbocycles. The lowest BCUT2D eigenvalue weighted by Crippen LogP contribution is -2.05. The molecule has 0 unspecified atom stereocenters. The van der Waals surface area contributed by atoms with Crippen LogP contribution in [0.4, 0.5) is 13.2 Å². The van der Waals surface area contributed by atoms with Crippen molar-refractivity contribution in [2.45, 2.75) is 25.9 Å². The van der Waals surface area contributed by atoms with Crippen molar-refractivity contribution >= 4 is 5.97 Å². The summed E-state index contributed by atoms with van der Waals surface area (Å²) in [4.78, 5) is 15.1. The summed E-state index contributed by atoms with van der Waals surface area (Å²) in [6, 6.07) is 9.92. The summed E-state index contributed by atoms with van der Waals surface area (Å²) in [5.41, 5.74) is 1.03. The number of esters is 1. The molecule has 4 rings (SSSR count). The SMILES string of the molecule is CCOC(=O)c1cc(CCCOc2ccc(-c3noc(C(F)(F)F)n3)cc2-n2cccc2)on1. The number of ether oxygens (including phenoxy) is 2. The van der Waals surface area contributed by atoms with Crippen molar-refractivity contribution < 1.29 is 36.5 Å². The number of aryl methyl sites for hydroxylation is 1. The van der Waals surface area contributed by atoms with Crippen molar-refractivity contribution in [3.8, 4) is 22.8 Å². The van der Waals surface area contributed by atoms with Crippen molar-refractivity contribution in [2.24, 2.45) is 0 Å². The molecule has 0 bridgehead atoms. The van der Waals surface area contributed by atoms with E-state index < -0.39 is 18.0 Å². The Labute approximate surface area is 191 Å². The number of aromatic nitrogens is 4. The lowest BCUT2D eigenvalue weighted by atomic mass is 10.1. The number of rotatable bonds is 9. The minimum atomic E-state index is -4.72. The van der Waals surface area contributed by atoms with Crippen LogP contribution in [0.1, 0.15) is 35.5 Å². The van der Waals surface area contributed by atoms with Crippen LogP contribution in [0.5, 0.6) is 5.75 Å². The molecule has 0 saturated heterocycles. The Balaban J connectivity index is 1.44. The van der Waals surface area contributed by atoms with Crippen LogP contribution in [0.15, 0.2) is 57.8 Å². The predicted molar refractivity (Wildman–Crippen MR) is 110 cm³/mol. The zero-order valence-corrected chi connectivity index (χ0v) is 17.9. The fraction of sp³-hybridized carbons (Fsp3) is 0.273. The Hall–Kier alpha value is -4.09. The molecule has 3 heterocycles. The van der Waals surface area contributed by atoms with Crippen LogP contribution in [0.2, 0.25) is 0 Å². The van der Waals surface area contributed by atoms with Crippen LogP contribution >= 0.6 is 0 Å². The summed E-state index contributed by atoms with van der Waals surface area (Å²) >= 11 is 0. The average Bonchev–Trinajstić information content (AvgIpc) is 3.58. The fourth-order valence-electron chi connectivity index (χ4n) is 3.09. The Morgan fingerprint density at radius 2 is 1.91 bits per heavy atom. The van der Waals surface area contributed by atoms with Crippen molar-refractivity contribution in [3.63, 3.8) is 0 Å². The molecule has 0 spiro atoms. The topological polar surface area (TPSA) is 105 Å². The van der Waals surface area contributed by atoms with E-state index in [9.17, 15) is 18.0 Å². The first-order chi connectivity index (χ1) is 16.3. The highest BCUT2D eigenvalue weighted by Crippen LogP contribution is 2.32. The van der Waals surface area contributed by atoms with Crippen molar-refractivity contribution in [3.05, 3.63) is 66.1 Å². The van der Waals surface area contributed by atoms with Crippen LogP contribution in [-0.2, 0) is 17.3 Å². The minimum Gasteiger partial charge on any atom is -0.491 e. The van der Waals surface area contributed by atoms with Crippen LogP contribution in [0, 0.1) is 0 Å². The van der Waals surface area contributed by atoms with E-state index in [4.69, 9.17) is 14.0 Å². The van der Waals surface area contributed by atoms with Gasteiger partial charge in [0.1, 0.15) is 11.5 Å². The van der Waals surface area contributed by atoms with Gasteiger partial charge in [0.2, 0.25) is 5.82 Å². The highest BCUT2D eigenvalue weighted by Gasteiger charge is 2.38. The second-order valence-corrected chi connectivity index (χ2v) is 7.04. The zero-order chi connectivity index (χ0) is 24.1. The van der Waals surface area contributed by atoms with Crippen LogP contribution in [0.3, 0.4) is 0 Å². The molecular formula is C22H19F3N4O5. The summed E-state index contributed by atoms with van der Waals surface area (Å²) in [7, 11) is 0. The molecular weight excluding hydrogens is 457 g/mol. The van der Waals surface area contributed by atoms with Gasteiger partial charge in [-0.05, 0) is 43.7 Å². The van der Waals surface area contributed by atoms with E-state index >= 15 is 0 Å². The van der Waals surface area contributed by atoms with E-state index in [-0.39, 0.29) is 18.1 Å². The van der Waals surface area contributed by atoms with Gasteiger partial charge in [0.15, 0.2) is 5.69 Å². The summed E-state index contributed by atoms with van der Waals surface area (Å²) in [5.74, 6) is -1.12. The maximum Gasteiger partial charge on any atom is 0.471 e. The largest absolute Gasteiger partial charge is 0.491 e. The maximum absolute atomic E-state index is 12.8. The number of halogens is 3. The molecule has 0 radical (unpaired) electrons. The molecule has 0 aliphatic carbocycles. The molecule has 4 aromatic rings. The highest BCUT2D eigenvalue weighted by atomic mass is 19.4. The molecule has 12 heteroatoms. The summed E-state index contributed by atoms with van der Waals surface area (Å²) in [6.07, 6.45) is -0.141. The van der Waals surface area contributed by atoms with Crippen LogP contribution < -0.4 is 4.74 Å². The molecule has 0 amide bonds. The normalized spacial score (nSPS) is 11.5. The van der Waals surface area contributed by atoms with E-state index in [0.29, 0.717) is 42.2 Å². The van der Waals surface area contributed by atoms with Crippen molar-refractivity contribution in [2.75, 3.05) is 13.2 Å². The molecule has 0 N–H and O–H groups in total. The first-order valence-corrected chi connectivity index (χ1v) is 10.3. The van der Waals surface area contributed by atoms with Crippen LogP contribution in [0.25, 0.3) is 17.1 Å².